The number of anilines is 2. The normalized spacial score (nSPS) is 17.1. The van der Waals surface area contributed by atoms with Crippen LogP contribution in [0.25, 0.3) is 11.3 Å². The predicted octanol–water partition coefficient (Wildman–Crippen LogP) is 8.35. The third-order valence-corrected chi connectivity index (χ3v) is 14.1. The number of rotatable bonds is 20. The fourth-order valence-electron chi connectivity index (χ4n) is 9.02. The Labute approximate surface area is 385 Å². The van der Waals surface area contributed by atoms with Crippen molar-refractivity contribution in [3.8, 4) is 22.8 Å². The highest BCUT2D eigenvalue weighted by molar-refractivity contribution is 7.16. The van der Waals surface area contributed by atoms with Crippen molar-refractivity contribution in [1.29, 1.82) is 0 Å². The molecule has 1 saturated heterocycles. The number of unbranched alkanes of at least 4 members (excludes halogenated alkanes) is 5. The van der Waals surface area contributed by atoms with Crippen molar-refractivity contribution in [3.63, 3.8) is 0 Å². The Morgan fingerprint density at radius 3 is 2.31 bits per heavy atom. The zero-order valence-corrected chi connectivity index (χ0v) is 37.8. The van der Waals surface area contributed by atoms with Crippen molar-refractivity contribution in [2.45, 2.75) is 95.7 Å². The van der Waals surface area contributed by atoms with Crippen LogP contribution in [0.1, 0.15) is 97.0 Å². The van der Waals surface area contributed by atoms with Gasteiger partial charge < -0.3 is 35.6 Å². The summed E-state index contributed by atoms with van der Waals surface area (Å²) in [6.07, 6.45) is 5.71. The van der Waals surface area contributed by atoms with Crippen LogP contribution in [0.15, 0.2) is 66.7 Å². The van der Waals surface area contributed by atoms with Crippen LogP contribution in [-0.2, 0) is 31.0 Å². The minimum atomic E-state index is -3.74. The number of carbonyl (C=O) groups is 5. The van der Waals surface area contributed by atoms with Crippen molar-refractivity contribution >= 4 is 63.3 Å². The maximum absolute atomic E-state index is 13.6. The van der Waals surface area contributed by atoms with E-state index in [-0.39, 0.29) is 58.2 Å². The van der Waals surface area contributed by atoms with Crippen LogP contribution in [0.5, 0.6) is 11.5 Å². The number of likely N-dealkylation sites (tertiary alicyclic amines) is 1. The summed E-state index contributed by atoms with van der Waals surface area (Å²) in [5.74, 6) is -0.391. The van der Waals surface area contributed by atoms with Crippen LogP contribution in [0.3, 0.4) is 0 Å². The van der Waals surface area contributed by atoms with Crippen LogP contribution in [0.2, 0.25) is 0 Å². The van der Waals surface area contributed by atoms with Gasteiger partial charge in [0.25, 0.3) is 5.91 Å². The number of thiophene rings is 1. The average Bonchev–Trinajstić information content (AvgIpc) is 3.85. The Hall–Kier alpha value is -5.61. The first kappa shape index (κ1) is 45.9. The van der Waals surface area contributed by atoms with Gasteiger partial charge in [-0.1, -0.05) is 49.9 Å². The molecule has 2 aliphatic heterocycles. The lowest BCUT2D eigenvalue weighted by molar-refractivity contribution is -0.286. The zero-order chi connectivity index (χ0) is 45.8. The van der Waals surface area contributed by atoms with E-state index in [1.165, 1.54) is 23.5 Å². The van der Waals surface area contributed by atoms with Gasteiger partial charge in [0, 0.05) is 59.9 Å². The van der Waals surface area contributed by atoms with Crippen molar-refractivity contribution < 1.29 is 42.2 Å². The highest BCUT2D eigenvalue weighted by Gasteiger charge is 2.55. The molecule has 2 aromatic carbocycles. The first-order chi connectivity index (χ1) is 31.2. The Balaban J connectivity index is 0.678. The second-order valence-corrected chi connectivity index (χ2v) is 19.2. The molecule has 4 N–H and O–H groups in total. The smallest absolute Gasteiger partial charge is 0.395 e. The molecule has 0 atom stereocenters. The largest absolute Gasteiger partial charge is 0.586 e. The quantitative estimate of drug-likeness (QED) is 0.0507. The molecule has 2 aromatic heterocycles. The first-order valence-electron chi connectivity index (χ1n) is 22.3. The number of amides is 5. The summed E-state index contributed by atoms with van der Waals surface area (Å²) in [6, 6.07) is 19.0. The number of nitrogens with one attached hydrogen (secondary N) is 4. The van der Waals surface area contributed by atoms with E-state index in [9.17, 15) is 32.8 Å². The lowest BCUT2D eigenvalue weighted by Gasteiger charge is -2.58. The maximum Gasteiger partial charge on any atom is 0.586 e. The number of aryl methyl sites for hydroxylation is 2. The van der Waals surface area contributed by atoms with E-state index in [2.05, 4.69) is 30.7 Å². The summed E-state index contributed by atoms with van der Waals surface area (Å²) in [4.78, 5) is 71.1. The Morgan fingerprint density at radius 1 is 0.846 bits per heavy atom. The van der Waals surface area contributed by atoms with Crippen LogP contribution in [0.4, 0.5) is 19.6 Å². The molecule has 0 radical (unpaired) electrons. The number of ether oxygens (including phenoxy) is 2. The van der Waals surface area contributed by atoms with Crippen LogP contribution in [-0.4, -0.2) is 77.8 Å². The van der Waals surface area contributed by atoms with Crippen molar-refractivity contribution in [2.75, 3.05) is 42.7 Å². The number of carbonyl (C=O) groups excluding carboxylic acids is 5. The molecule has 17 heteroatoms. The molecule has 1 spiro atoms. The molecule has 2 saturated carbocycles. The fraction of sp³-hybridized carbons (Fsp3) is 0.458. The molecule has 3 fully saturated rings. The molecule has 4 aromatic rings. The van der Waals surface area contributed by atoms with Gasteiger partial charge in [-0.3, -0.25) is 24.0 Å². The highest BCUT2D eigenvalue weighted by atomic mass is 35.5. The van der Waals surface area contributed by atoms with E-state index in [1.807, 2.05) is 31.2 Å². The number of hydrogen-bond donors (Lipinski definition) is 4. The highest BCUT2D eigenvalue weighted by Crippen LogP contribution is 2.53. The second kappa shape index (κ2) is 19.5. The molecule has 0 unspecified atom stereocenters. The van der Waals surface area contributed by atoms with E-state index in [4.69, 9.17) is 16.6 Å². The lowest BCUT2D eigenvalue weighted by atomic mass is 9.57. The van der Waals surface area contributed by atoms with E-state index >= 15 is 0 Å². The molecular formula is C48H53ClF2N6O7S. The number of aromatic nitrogens is 1. The fourth-order valence-corrected chi connectivity index (χ4v) is 10.1. The predicted molar refractivity (Wildman–Crippen MR) is 243 cm³/mol. The summed E-state index contributed by atoms with van der Waals surface area (Å²) in [5.41, 5.74) is 2.45. The number of pyridine rings is 1. The summed E-state index contributed by atoms with van der Waals surface area (Å²) >= 11 is 7.14. The van der Waals surface area contributed by atoms with Crippen LogP contribution in [0, 0.1) is 18.3 Å². The topological polar surface area (TPSA) is 168 Å². The first-order valence-corrected chi connectivity index (χ1v) is 23.7. The minimum Gasteiger partial charge on any atom is -0.395 e. The maximum atomic E-state index is 13.6. The Bertz CT molecular complexity index is 2450. The van der Waals surface area contributed by atoms with E-state index in [0.717, 1.165) is 72.4 Å². The van der Waals surface area contributed by atoms with Gasteiger partial charge in [0.15, 0.2) is 11.5 Å². The minimum absolute atomic E-state index is 0.00256. The van der Waals surface area contributed by atoms with Gasteiger partial charge in [-0.2, -0.15) is 0 Å². The van der Waals surface area contributed by atoms with Gasteiger partial charge in [-0.25, -0.2) is 4.98 Å². The third kappa shape index (κ3) is 10.9. The van der Waals surface area contributed by atoms with Crippen LogP contribution >= 0.6 is 22.9 Å². The summed E-state index contributed by atoms with van der Waals surface area (Å²) in [6.45, 7) is 4.46. The number of alkyl halides is 3. The van der Waals surface area contributed by atoms with Crippen molar-refractivity contribution in [2.24, 2.45) is 11.3 Å². The molecule has 65 heavy (non-hydrogen) atoms. The number of benzene rings is 2. The Morgan fingerprint density at radius 2 is 1.57 bits per heavy atom. The summed E-state index contributed by atoms with van der Waals surface area (Å²) in [7, 11) is 0. The van der Waals surface area contributed by atoms with Crippen LogP contribution < -0.4 is 30.7 Å². The SMILES string of the molecule is Cc1ccc(NC(=O)C2(c3ccc4c(c3)OC(F)(F)O4)CC2)nc1-c1cccc(C(=O)NCCCCCCCCNC(=O)CCc2ccc(NC(=O)C3CC4(C3)CN(C(=O)CCl)C4)s2)c1. The molecule has 0 bridgehead atoms. The van der Waals surface area contributed by atoms with Crippen molar-refractivity contribution in [3.05, 3.63) is 88.3 Å². The molecule has 344 valence electrons. The van der Waals surface area contributed by atoms with E-state index < -0.39 is 11.7 Å². The Kier molecular flexibility index (Phi) is 13.8. The van der Waals surface area contributed by atoms with Gasteiger partial charge in [-0.05, 0) is 105 Å². The summed E-state index contributed by atoms with van der Waals surface area (Å²) < 4.78 is 36.3. The molecule has 4 aliphatic rings. The van der Waals surface area contributed by atoms with Gasteiger partial charge >= 0.3 is 6.29 Å². The van der Waals surface area contributed by atoms with Gasteiger partial charge in [0.1, 0.15) is 11.7 Å². The molecule has 13 nitrogen and oxygen atoms in total. The molecular weight excluding hydrogens is 878 g/mol. The average molecular weight is 932 g/mol. The third-order valence-electron chi connectivity index (χ3n) is 12.8. The zero-order valence-electron chi connectivity index (χ0n) is 36.2. The van der Waals surface area contributed by atoms with E-state index in [1.54, 1.807) is 35.2 Å². The van der Waals surface area contributed by atoms with Gasteiger partial charge in [-0.15, -0.1) is 31.7 Å². The molecule has 8 rings (SSSR count). The number of halogens is 3. The molecule has 4 heterocycles. The van der Waals surface area contributed by atoms with Gasteiger partial charge in [0.05, 0.1) is 16.1 Å². The number of fused-ring (bicyclic) bond motifs is 1. The molecule has 2 aliphatic carbocycles. The lowest BCUT2D eigenvalue weighted by Crippen LogP contribution is -2.65. The van der Waals surface area contributed by atoms with Gasteiger partial charge in [0.2, 0.25) is 23.6 Å². The number of hydrogen-bond acceptors (Lipinski definition) is 9. The summed E-state index contributed by atoms with van der Waals surface area (Å²) in [5, 5.41) is 12.7. The second-order valence-electron chi connectivity index (χ2n) is 17.8. The van der Waals surface area contributed by atoms with E-state index in [0.29, 0.717) is 74.5 Å². The number of nitrogens with zero attached hydrogens (tertiary/aromatic N) is 2. The molecule has 5 amide bonds. The standard InChI is InChI=1S/C48H53ClF2N6O7S/c1-30-11-16-38(55-45(62)47(19-20-47)34-12-15-36-37(24-34)64-48(50,51)63-36)54-42(30)31-9-8-10-32(23-31)43(60)53-22-7-5-3-2-4-6-21-52-39(58)17-13-35-14-18-40(65-35)56-44(61)33-25-46(26-33)28-57(29-46)41(59)27-49/h8-12,14-16,18,23-24,33H,2-7,13,17,19-22,25-29H2,1H3,(H,52,58)(H,53,60)(H,56,61)(H,54,55,62). The monoisotopic (exact) mass is 930 g/mol. The van der Waals surface area contributed by atoms with Crippen molar-refractivity contribution in [1.82, 2.24) is 20.5 Å².